The minimum atomic E-state index is -1.01. The van der Waals surface area contributed by atoms with Crippen molar-refractivity contribution in [2.24, 2.45) is 5.41 Å². The van der Waals surface area contributed by atoms with Gasteiger partial charge in [-0.3, -0.25) is 24.0 Å². The van der Waals surface area contributed by atoms with Gasteiger partial charge in [0.05, 0.1) is 47.2 Å². The summed E-state index contributed by atoms with van der Waals surface area (Å²) in [4.78, 5) is 80.1. The minimum absolute atomic E-state index is 0.0364. The van der Waals surface area contributed by atoms with E-state index in [9.17, 15) is 29.1 Å². The first-order valence-electron chi connectivity index (χ1n) is 24.5. The first kappa shape index (κ1) is 50.6. The lowest BCUT2D eigenvalue weighted by molar-refractivity contribution is -0.144. The van der Waals surface area contributed by atoms with Gasteiger partial charge in [0.2, 0.25) is 23.6 Å². The van der Waals surface area contributed by atoms with Crippen LogP contribution in [0.15, 0.2) is 107 Å². The highest BCUT2D eigenvalue weighted by atomic mass is 32.1. The summed E-state index contributed by atoms with van der Waals surface area (Å²) in [5.74, 6) is -1.09. The fourth-order valence-corrected chi connectivity index (χ4v) is 10.1. The number of amides is 5. The van der Waals surface area contributed by atoms with Gasteiger partial charge >= 0.3 is 0 Å². The predicted octanol–water partition coefficient (Wildman–Crippen LogP) is 5.38. The van der Waals surface area contributed by atoms with E-state index in [4.69, 9.17) is 14.3 Å². The van der Waals surface area contributed by atoms with E-state index in [1.165, 1.54) is 4.90 Å². The number of piperidine rings is 1. The molecule has 0 aliphatic carbocycles. The molecule has 2 saturated heterocycles. The number of nitrogens with zero attached hydrogens (tertiary/aromatic N) is 6. The Morgan fingerprint density at radius 3 is 2.45 bits per heavy atom. The number of carbonyl (C=O) groups excluding carboxylic acids is 5. The van der Waals surface area contributed by atoms with Gasteiger partial charge in [0, 0.05) is 61.7 Å². The van der Waals surface area contributed by atoms with Gasteiger partial charge in [-0.05, 0) is 72.7 Å². The normalized spacial score (nSPS) is 17.5. The molecule has 19 heteroatoms. The molecule has 2 aliphatic rings. The van der Waals surface area contributed by atoms with Crippen molar-refractivity contribution < 1.29 is 38.2 Å². The highest BCUT2D eigenvalue weighted by Gasteiger charge is 2.44. The van der Waals surface area contributed by atoms with Crippen molar-refractivity contribution in [1.82, 2.24) is 50.6 Å². The number of benzene rings is 3. The molecule has 4 aromatic heterocycles. The number of imidazole rings is 1. The number of furan rings is 1. The number of β-amino-alcohol motifs (C(OH)–C–C–N with tert-alkyl or cyclic N) is 1. The number of fused-ring (bicyclic) bond motifs is 2. The molecule has 7 aromatic rings. The van der Waals surface area contributed by atoms with Gasteiger partial charge in [-0.2, -0.15) is 5.10 Å². The van der Waals surface area contributed by atoms with Crippen LogP contribution < -0.4 is 21.3 Å². The summed E-state index contributed by atoms with van der Waals surface area (Å²) in [6, 6.07) is 26.8. The summed E-state index contributed by atoms with van der Waals surface area (Å²) in [6.07, 6.45) is 2.51. The lowest BCUT2D eigenvalue weighted by Gasteiger charge is -2.35. The highest BCUT2D eigenvalue weighted by Crippen LogP contribution is 2.31. The van der Waals surface area contributed by atoms with E-state index in [-0.39, 0.29) is 63.7 Å². The van der Waals surface area contributed by atoms with Crippen LogP contribution in [0.2, 0.25) is 0 Å². The molecule has 0 saturated carbocycles. The molecular formula is C54H60N10O8S. The fraction of sp³-hybridized carbons (Fsp3) is 0.370. The van der Waals surface area contributed by atoms with Crippen molar-refractivity contribution in [2.45, 2.75) is 77.7 Å². The van der Waals surface area contributed by atoms with Gasteiger partial charge < -0.3 is 45.3 Å². The zero-order chi connectivity index (χ0) is 51.2. The van der Waals surface area contributed by atoms with Crippen molar-refractivity contribution in [2.75, 3.05) is 45.9 Å². The smallest absolute Gasteiger partial charge is 0.253 e. The van der Waals surface area contributed by atoms with Crippen molar-refractivity contribution in [3.8, 4) is 33.2 Å². The van der Waals surface area contributed by atoms with E-state index < -0.39 is 41.3 Å². The molecule has 5 amide bonds. The highest BCUT2D eigenvalue weighted by molar-refractivity contribution is 7.13. The average molecular weight is 1010 g/mol. The number of hydrogen-bond acceptors (Lipinski definition) is 13. The Labute approximate surface area is 426 Å². The Bertz CT molecular complexity index is 3070. The quantitative estimate of drug-likeness (QED) is 0.0726. The van der Waals surface area contributed by atoms with Crippen LogP contribution in [0.5, 0.6) is 0 Å². The van der Waals surface area contributed by atoms with Gasteiger partial charge in [0.1, 0.15) is 30.0 Å². The molecule has 5 N–H and O–H groups in total. The molecule has 6 heterocycles. The van der Waals surface area contributed by atoms with Crippen molar-refractivity contribution in [3.63, 3.8) is 0 Å². The number of carbonyl (C=O) groups is 5. The zero-order valence-corrected chi connectivity index (χ0v) is 42.1. The van der Waals surface area contributed by atoms with Crippen LogP contribution in [0.25, 0.3) is 49.8 Å². The summed E-state index contributed by atoms with van der Waals surface area (Å²) >= 11 is 1.56. The molecule has 0 unspecified atom stereocenters. The second-order valence-corrected chi connectivity index (χ2v) is 20.5. The predicted molar refractivity (Wildman–Crippen MR) is 276 cm³/mol. The van der Waals surface area contributed by atoms with Gasteiger partial charge in [-0.15, -0.1) is 11.3 Å². The maximum absolute atomic E-state index is 14.0. The van der Waals surface area contributed by atoms with Crippen LogP contribution in [-0.4, -0.2) is 134 Å². The van der Waals surface area contributed by atoms with E-state index in [1.807, 2.05) is 119 Å². The van der Waals surface area contributed by atoms with Crippen molar-refractivity contribution in [1.29, 1.82) is 0 Å². The van der Waals surface area contributed by atoms with Gasteiger partial charge in [-0.1, -0.05) is 75.4 Å². The molecule has 2 fully saturated rings. The number of rotatable bonds is 17. The number of thiazole rings is 1. The van der Waals surface area contributed by atoms with Crippen LogP contribution in [0, 0.1) is 12.3 Å². The second-order valence-electron chi connectivity index (χ2n) is 19.7. The molecular weight excluding hydrogens is 949 g/mol. The first-order valence-corrected chi connectivity index (χ1v) is 25.4. The summed E-state index contributed by atoms with van der Waals surface area (Å²) in [5, 5.41) is 28.2. The zero-order valence-electron chi connectivity index (χ0n) is 41.3. The number of aliphatic hydroxyl groups is 1. The maximum atomic E-state index is 14.0. The molecule has 9 rings (SSSR count). The second kappa shape index (κ2) is 22.2. The maximum Gasteiger partial charge on any atom is 0.253 e. The third-order valence-corrected chi connectivity index (χ3v) is 14.2. The fourth-order valence-electron chi connectivity index (χ4n) is 9.31. The summed E-state index contributed by atoms with van der Waals surface area (Å²) in [5.41, 5.74) is 8.25. The Hall–Kier alpha value is -7.32. The molecule has 73 heavy (non-hydrogen) atoms. The lowest BCUT2D eigenvalue weighted by Crippen LogP contribution is -2.58. The third kappa shape index (κ3) is 12.0. The summed E-state index contributed by atoms with van der Waals surface area (Å²) < 4.78 is 13.4. The number of likely N-dealkylation sites (tertiary alicyclic amines) is 2. The minimum Gasteiger partial charge on any atom is -0.454 e. The number of ether oxygens (including phenoxy) is 1. The standard InChI is InChI=1S/C54H60N10O8S/c1-33-49(73-32-59-33)36-13-11-34(12-14-36)26-58-51(68)42-25-40(65)30-63(42)53(70)50(54(2,3)4)60-48(67)31-71-23-21-55-47(66)28-56-39-9-7-22-62(29-39)52(69)37-17-15-35(16-18-37)41-19-20-46-57-27-43(64(46)61-41)45-24-38-8-5-6-10-44(38)72-45/h5-6,8,10-20,24,27,32,39-40,42,50,56,65H,7,9,21-23,25-26,28-31H2,1-4H3,(H,55,66)(H,58,68)(H,60,67)/t39-,40+,42-,50-/m0/s1. The number of nitrogens with one attached hydrogen (secondary N) is 4. The van der Waals surface area contributed by atoms with Crippen LogP contribution in [0.3, 0.4) is 0 Å². The van der Waals surface area contributed by atoms with Crippen molar-refractivity contribution >= 4 is 57.5 Å². The Balaban J connectivity index is 0.689. The van der Waals surface area contributed by atoms with Crippen LogP contribution in [0.1, 0.15) is 61.6 Å². The van der Waals surface area contributed by atoms with Crippen LogP contribution >= 0.6 is 11.3 Å². The molecule has 0 spiro atoms. The molecule has 3 aromatic carbocycles. The van der Waals surface area contributed by atoms with Crippen molar-refractivity contribution in [3.05, 3.63) is 120 Å². The van der Waals surface area contributed by atoms with E-state index in [0.717, 1.165) is 56.8 Å². The number of para-hydroxylation sites is 1. The van der Waals surface area contributed by atoms with E-state index in [0.29, 0.717) is 35.8 Å². The number of hydrogen-bond donors (Lipinski definition) is 5. The van der Waals surface area contributed by atoms with Crippen LogP contribution in [0.4, 0.5) is 0 Å². The van der Waals surface area contributed by atoms with E-state index in [2.05, 4.69) is 31.2 Å². The topological polar surface area (TPSA) is 226 Å². The molecule has 4 atom stereocenters. The van der Waals surface area contributed by atoms with Gasteiger partial charge in [0.15, 0.2) is 11.4 Å². The summed E-state index contributed by atoms with van der Waals surface area (Å²) in [7, 11) is 0. The van der Waals surface area contributed by atoms with E-state index in [1.54, 1.807) is 32.5 Å². The number of aromatic nitrogens is 4. The molecule has 18 nitrogen and oxygen atoms in total. The largest absolute Gasteiger partial charge is 0.454 e. The van der Waals surface area contributed by atoms with Gasteiger partial charge in [0.25, 0.3) is 5.91 Å². The Morgan fingerprint density at radius 2 is 1.70 bits per heavy atom. The Morgan fingerprint density at radius 1 is 0.918 bits per heavy atom. The lowest BCUT2D eigenvalue weighted by atomic mass is 9.85. The monoisotopic (exact) mass is 1010 g/mol. The number of aliphatic hydroxyl groups excluding tert-OH is 1. The number of aryl methyl sites for hydroxylation is 1. The molecule has 2 aliphatic heterocycles. The molecule has 0 bridgehead atoms. The van der Waals surface area contributed by atoms with Gasteiger partial charge in [-0.25, -0.2) is 14.5 Å². The van der Waals surface area contributed by atoms with Crippen LogP contribution in [-0.2, 0) is 30.5 Å². The third-order valence-electron chi connectivity index (χ3n) is 13.2. The van der Waals surface area contributed by atoms with E-state index >= 15 is 0 Å². The summed E-state index contributed by atoms with van der Waals surface area (Å²) in [6.45, 7) is 8.50. The molecule has 380 valence electrons. The molecule has 0 radical (unpaired) electrons. The first-order chi connectivity index (χ1) is 35.2. The average Bonchev–Trinajstić information content (AvgIpc) is 4.22. The Kier molecular flexibility index (Phi) is 15.4. The SMILES string of the molecule is Cc1ncsc1-c1ccc(CNC(=O)[C@@H]2C[C@@H](O)CN2C(=O)[C@H](NC(=O)COCCNC(=O)CN[C@H]2CCCN(C(=O)c3ccc(-c4ccc5ncc(-c6cc7ccccc7o6)n5n4)cc3)C2)C(C)(C)C)cc1.